The third-order valence-electron chi connectivity index (χ3n) is 1.19. The summed E-state index contributed by atoms with van der Waals surface area (Å²) in [6.45, 7) is 6.45. The predicted octanol–water partition coefficient (Wildman–Crippen LogP) is 3.82. The van der Waals surface area contributed by atoms with Crippen LogP contribution in [0.1, 0.15) is 20.8 Å². The number of thioether (sulfide) groups is 1. The monoisotopic (exact) mass is 182 g/mol. The zero-order chi connectivity index (χ0) is 9.23. The van der Waals surface area contributed by atoms with Crippen LogP contribution in [-0.4, -0.2) is 11.0 Å². The maximum Gasteiger partial charge on any atom is 0.0118 e. The van der Waals surface area contributed by atoms with Gasteiger partial charge in [0.25, 0.3) is 0 Å². The highest BCUT2D eigenvalue weighted by atomic mass is 32.2. The molecular formula is C11H18S. The molecular weight excluding hydrogens is 164 g/mol. The van der Waals surface area contributed by atoms with Gasteiger partial charge in [-0.25, -0.2) is 0 Å². The van der Waals surface area contributed by atoms with Gasteiger partial charge in [0.2, 0.25) is 0 Å². The molecule has 1 heteroatoms. The summed E-state index contributed by atoms with van der Waals surface area (Å²) in [4.78, 5) is 0. The fourth-order valence-electron chi connectivity index (χ4n) is 0.622. The Labute approximate surface area is 80.4 Å². The Morgan fingerprint density at radius 2 is 1.75 bits per heavy atom. The van der Waals surface area contributed by atoms with Gasteiger partial charge in [-0.15, -0.1) is 0 Å². The molecule has 0 saturated heterocycles. The molecule has 0 amide bonds. The highest BCUT2D eigenvalue weighted by molar-refractivity contribution is 7.99. The highest BCUT2D eigenvalue weighted by Crippen LogP contribution is 2.08. The van der Waals surface area contributed by atoms with Crippen molar-refractivity contribution in [2.75, 3.05) is 5.75 Å². The number of allylic oxidation sites excluding steroid dienone is 5. The summed E-state index contributed by atoms with van der Waals surface area (Å²) in [7, 11) is 0. The van der Waals surface area contributed by atoms with Crippen molar-refractivity contribution in [2.45, 2.75) is 26.0 Å². The first-order valence-corrected chi connectivity index (χ1v) is 5.38. The molecule has 0 atom stereocenters. The van der Waals surface area contributed by atoms with Crippen LogP contribution < -0.4 is 0 Å². The number of hydrogen-bond acceptors (Lipinski definition) is 1. The summed E-state index contributed by atoms with van der Waals surface area (Å²) < 4.78 is 0. The quantitative estimate of drug-likeness (QED) is 0.582. The van der Waals surface area contributed by atoms with Gasteiger partial charge in [-0.1, -0.05) is 50.3 Å². The summed E-state index contributed by atoms with van der Waals surface area (Å²) >= 11 is 1.96. The Bertz CT molecular complexity index is 164. The zero-order valence-electron chi connectivity index (χ0n) is 8.16. The molecule has 0 fully saturated rings. The summed E-state index contributed by atoms with van der Waals surface area (Å²) in [5, 5.41) is 0.731. The lowest BCUT2D eigenvalue weighted by molar-refractivity contribution is 1.11. The molecule has 0 radical (unpaired) electrons. The number of rotatable bonds is 5. The van der Waals surface area contributed by atoms with Gasteiger partial charge in [-0.2, -0.15) is 11.8 Å². The molecule has 0 aliphatic heterocycles. The van der Waals surface area contributed by atoms with Crippen molar-refractivity contribution in [3.8, 4) is 0 Å². The molecule has 0 N–H and O–H groups in total. The second-order valence-electron chi connectivity index (χ2n) is 2.72. The van der Waals surface area contributed by atoms with E-state index in [4.69, 9.17) is 0 Å². The van der Waals surface area contributed by atoms with Crippen molar-refractivity contribution in [3.63, 3.8) is 0 Å². The van der Waals surface area contributed by atoms with E-state index in [1.807, 2.05) is 36.9 Å². The Kier molecular flexibility index (Phi) is 8.35. The van der Waals surface area contributed by atoms with Gasteiger partial charge >= 0.3 is 0 Å². The van der Waals surface area contributed by atoms with Crippen molar-refractivity contribution < 1.29 is 0 Å². The predicted molar refractivity (Wildman–Crippen MR) is 60.7 cm³/mol. The minimum absolute atomic E-state index is 0.731. The van der Waals surface area contributed by atoms with Crippen LogP contribution >= 0.6 is 11.8 Å². The van der Waals surface area contributed by atoms with Crippen LogP contribution in [0, 0.1) is 0 Å². The van der Waals surface area contributed by atoms with Gasteiger partial charge in [-0.05, 0) is 12.2 Å². The zero-order valence-corrected chi connectivity index (χ0v) is 8.97. The first-order chi connectivity index (χ1) is 5.77. The molecule has 68 valence electrons. The van der Waals surface area contributed by atoms with E-state index in [0.717, 1.165) is 11.0 Å². The van der Waals surface area contributed by atoms with Crippen molar-refractivity contribution in [2.24, 2.45) is 0 Å². The maximum absolute atomic E-state index is 2.22. The molecule has 12 heavy (non-hydrogen) atoms. The average Bonchev–Trinajstić information content (AvgIpc) is 2.02. The molecule has 0 aliphatic carbocycles. The summed E-state index contributed by atoms with van der Waals surface area (Å²) in [6, 6.07) is 0. The molecule has 0 heterocycles. The summed E-state index contributed by atoms with van der Waals surface area (Å²) in [5.41, 5.74) is 0. The largest absolute Gasteiger partial charge is 0.155 e. The Balaban J connectivity index is 3.37. The van der Waals surface area contributed by atoms with E-state index < -0.39 is 0 Å². The standard InChI is InChI=1S/C11H18S/c1-4-5-6-7-8-9-10-12-11(2)3/h4-9,11H,10H2,1-3H3/b5-4-,7-6-,9-8+. The van der Waals surface area contributed by atoms with Crippen molar-refractivity contribution in [3.05, 3.63) is 36.5 Å². The van der Waals surface area contributed by atoms with Crippen molar-refractivity contribution in [1.29, 1.82) is 0 Å². The van der Waals surface area contributed by atoms with Crippen LogP contribution in [-0.2, 0) is 0 Å². The molecule has 0 aromatic carbocycles. The van der Waals surface area contributed by atoms with Crippen molar-refractivity contribution in [1.82, 2.24) is 0 Å². The normalized spacial score (nSPS) is 13.0. The molecule has 0 aromatic heterocycles. The second kappa shape index (κ2) is 8.66. The van der Waals surface area contributed by atoms with E-state index in [-0.39, 0.29) is 0 Å². The van der Waals surface area contributed by atoms with E-state index in [1.165, 1.54) is 0 Å². The lowest BCUT2D eigenvalue weighted by Gasteiger charge is -1.98. The molecule has 0 saturated carbocycles. The summed E-state index contributed by atoms with van der Waals surface area (Å²) in [5.74, 6) is 1.11. The van der Waals surface area contributed by atoms with E-state index in [9.17, 15) is 0 Å². The van der Waals surface area contributed by atoms with Crippen LogP contribution in [0.2, 0.25) is 0 Å². The fourth-order valence-corrected chi connectivity index (χ4v) is 1.23. The Morgan fingerprint density at radius 3 is 2.33 bits per heavy atom. The van der Waals surface area contributed by atoms with Gasteiger partial charge in [0.05, 0.1) is 0 Å². The minimum atomic E-state index is 0.731. The Morgan fingerprint density at radius 1 is 1.08 bits per heavy atom. The van der Waals surface area contributed by atoms with Crippen LogP contribution in [0.15, 0.2) is 36.5 Å². The summed E-state index contributed by atoms with van der Waals surface area (Å²) in [6.07, 6.45) is 12.4. The molecule has 0 unspecified atom stereocenters. The van der Waals surface area contributed by atoms with E-state index in [2.05, 4.69) is 32.1 Å². The fraction of sp³-hybridized carbons (Fsp3) is 0.455. The van der Waals surface area contributed by atoms with Gasteiger partial charge in [0.1, 0.15) is 0 Å². The maximum atomic E-state index is 2.22. The third-order valence-corrected chi connectivity index (χ3v) is 2.24. The van der Waals surface area contributed by atoms with E-state index >= 15 is 0 Å². The molecule has 0 aromatic rings. The SMILES string of the molecule is C\C=C/C=C\C=C\CSC(C)C. The lowest BCUT2D eigenvalue weighted by atomic mass is 10.4. The first kappa shape index (κ1) is 11.6. The Hall–Kier alpha value is -0.430. The molecule has 0 aliphatic rings. The highest BCUT2D eigenvalue weighted by Gasteiger charge is 1.87. The number of hydrogen-bond donors (Lipinski definition) is 0. The smallest absolute Gasteiger partial charge is 0.0118 e. The van der Waals surface area contributed by atoms with Gasteiger partial charge in [0.15, 0.2) is 0 Å². The first-order valence-electron chi connectivity index (χ1n) is 4.33. The minimum Gasteiger partial charge on any atom is -0.155 e. The van der Waals surface area contributed by atoms with Gasteiger partial charge in [0, 0.05) is 5.75 Å². The van der Waals surface area contributed by atoms with E-state index in [1.54, 1.807) is 0 Å². The van der Waals surface area contributed by atoms with Gasteiger partial charge in [-0.3, -0.25) is 0 Å². The van der Waals surface area contributed by atoms with Gasteiger partial charge < -0.3 is 0 Å². The van der Waals surface area contributed by atoms with Crippen LogP contribution in [0.25, 0.3) is 0 Å². The lowest BCUT2D eigenvalue weighted by Crippen LogP contribution is -1.85. The van der Waals surface area contributed by atoms with Crippen LogP contribution in [0.3, 0.4) is 0 Å². The molecule has 0 rings (SSSR count). The molecule has 0 bridgehead atoms. The molecule has 0 nitrogen and oxygen atoms in total. The van der Waals surface area contributed by atoms with Crippen LogP contribution in [0.5, 0.6) is 0 Å². The van der Waals surface area contributed by atoms with E-state index in [0.29, 0.717) is 0 Å². The third kappa shape index (κ3) is 9.57. The van der Waals surface area contributed by atoms with Crippen LogP contribution in [0.4, 0.5) is 0 Å². The topological polar surface area (TPSA) is 0 Å². The second-order valence-corrected chi connectivity index (χ2v) is 4.33. The average molecular weight is 182 g/mol. The van der Waals surface area contributed by atoms with Crippen molar-refractivity contribution >= 4 is 11.8 Å². The molecule has 0 spiro atoms.